The van der Waals surface area contributed by atoms with Crippen LogP contribution in [0.15, 0.2) is 56.5 Å². The summed E-state index contributed by atoms with van der Waals surface area (Å²) in [7, 11) is 1.45. The average Bonchev–Trinajstić information content (AvgIpc) is 3.01. The molecule has 1 aromatic heterocycles. The van der Waals surface area contributed by atoms with Gasteiger partial charge in [-0.25, -0.2) is 5.43 Å². The highest BCUT2D eigenvalue weighted by molar-refractivity contribution is 9.10. The Morgan fingerprint density at radius 3 is 2.88 bits per heavy atom. The number of hydrogen-bond donors (Lipinski definition) is 2. The van der Waals surface area contributed by atoms with Crippen LogP contribution in [0.1, 0.15) is 16.1 Å². The third kappa shape index (κ3) is 3.26. The van der Waals surface area contributed by atoms with E-state index in [1.807, 2.05) is 18.2 Å². The summed E-state index contributed by atoms with van der Waals surface area (Å²) in [6.45, 7) is 0. The van der Waals surface area contributed by atoms with Crippen LogP contribution < -0.4 is 10.2 Å². The molecule has 7 heteroatoms. The molecule has 0 aliphatic carbocycles. The number of hydrogen-bond acceptors (Lipinski definition) is 5. The number of fused-ring (bicyclic) bond motifs is 1. The van der Waals surface area contributed by atoms with Crippen molar-refractivity contribution in [3.05, 3.63) is 58.3 Å². The van der Waals surface area contributed by atoms with Crippen molar-refractivity contribution in [2.24, 2.45) is 5.10 Å². The van der Waals surface area contributed by atoms with Crippen LogP contribution >= 0.6 is 15.9 Å². The first-order valence-corrected chi connectivity index (χ1v) is 7.76. The van der Waals surface area contributed by atoms with E-state index in [1.54, 1.807) is 24.3 Å². The number of nitrogens with one attached hydrogen (secondary N) is 1. The van der Waals surface area contributed by atoms with Crippen LogP contribution in [0, 0.1) is 0 Å². The van der Waals surface area contributed by atoms with Crippen molar-refractivity contribution in [1.82, 2.24) is 5.43 Å². The summed E-state index contributed by atoms with van der Waals surface area (Å²) in [5.74, 6) is -0.0924. The topological polar surface area (TPSA) is 84.1 Å². The van der Waals surface area contributed by atoms with Gasteiger partial charge in [-0.3, -0.25) is 4.79 Å². The van der Waals surface area contributed by atoms with E-state index in [2.05, 4.69) is 26.5 Å². The number of phenolic OH excluding ortho intramolecular Hbond substituents is 1. The monoisotopic (exact) mass is 388 g/mol. The van der Waals surface area contributed by atoms with Crippen LogP contribution in [0.2, 0.25) is 0 Å². The first kappa shape index (κ1) is 16.1. The lowest BCUT2D eigenvalue weighted by Crippen LogP contribution is -2.16. The van der Waals surface area contributed by atoms with Crippen molar-refractivity contribution in [1.29, 1.82) is 0 Å². The van der Waals surface area contributed by atoms with Gasteiger partial charge in [-0.1, -0.05) is 34.1 Å². The Labute approximate surface area is 145 Å². The Kier molecular flexibility index (Phi) is 4.52. The quantitative estimate of drug-likeness (QED) is 0.527. The molecule has 0 spiro atoms. The number of amides is 1. The van der Waals surface area contributed by atoms with Crippen LogP contribution in [0.5, 0.6) is 11.5 Å². The van der Waals surface area contributed by atoms with Crippen molar-refractivity contribution < 1.29 is 19.1 Å². The third-order valence-corrected chi connectivity index (χ3v) is 3.77. The van der Waals surface area contributed by atoms with Gasteiger partial charge in [-0.05, 0) is 24.3 Å². The standard InChI is InChI=1S/C17H13BrN2O4/c1-23-14-8-12(18)6-11(16(14)21)9-19-20-17(22)15-7-10-4-2-3-5-13(10)24-15/h2-9,21H,1H3,(H,20,22)/b19-9+. The zero-order valence-electron chi connectivity index (χ0n) is 12.6. The van der Waals surface area contributed by atoms with E-state index in [0.717, 1.165) is 5.39 Å². The molecule has 122 valence electrons. The molecule has 0 aliphatic rings. The molecule has 0 saturated heterocycles. The molecule has 3 aromatic rings. The van der Waals surface area contributed by atoms with E-state index in [1.165, 1.54) is 13.3 Å². The minimum atomic E-state index is -0.482. The fourth-order valence-corrected chi connectivity index (χ4v) is 2.61. The molecule has 6 nitrogen and oxygen atoms in total. The van der Waals surface area contributed by atoms with Crippen molar-refractivity contribution in [2.45, 2.75) is 0 Å². The third-order valence-electron chi connectivity index (χ3n) is 3.31. The number of halogens is 1. The number of carbonyl (C=O) groups excluding carboxylic acids is 1. The molecule has 0 bridgehead atoms. The molecule has 0 fully saturated rings. The molecule has 0 aliphatic heterocycles. The molecule has 1 heterocycles. The summed E-state index contributed by atoms with van der Waals surface area (Å²) in [4.78, 5) is 12.1. The van der Waals surface area contributed by atoms with Crippen molar-refractivity contribution in [3.8, 4) is 11.5 Å². The number of methoxy groups -OCH3 is 1. The minimum Gasteiger partial charge on any atom is -0.504 e. The number of benzene rings is 2. The number of para-hydroxylation sites is 1. The van der Waals surface area contributed by atoms with Gasteiger partial charge >= 0.3 is 5.91 Å². The summed E-state index contributed by atoms with van der Waals surface area (Å²) in [5, 5.41) is 14.7. The van der Waals surface area contributed by atoms with Crippen LogP contribution in [0.4, 0.5) is 0 Å². The van der Waals surface area contributed by atoms with Crippen molar-refractivity contribution >= 4 is 39.0 Å². The lowest BCUT2D eigenvalue weighted by molar-refractivity contribution is 0.0929. The van der Waals surface area contributed by atoms with Gasteiger partial charge in [0.2, 0.25) is 0 Å². The predicted octanol–water partition coefficient (Wildman–Crippen LogP) is 3.67. The predicted molar refractivity (Wildman–Crippen MR) is 93.6 cm³/mol. The lowest BCUT2D eigenvalue weighted by Gasteiger charge is -2.06. The Morgan fingerprint density at radius 2 is 2.12 bits per heavy atom. The molecule has 24 heavy (non-hydrogen) atoms. The number of phenols is 1. The normalized spacial score (nSPS) is 11.1. The SMILES string of the molecule is COc1cc(Br)cc(/C=N/NC(=O)c2cc3ccccc3o2)c1O. The largest absolute Gasteiger partial charge is 0.504 e. The summed E-state index contributed by atoms with van der Waals surface area (Å²) in [5.41, 5.74) is 3.38. The Balaban J connectivity index is 1.76. The van der Waals surface area contributed by atoms with Gasteiger partial charge in [-0.15, -0.1) is 0 Å². The molecule has 2 N–H and O–H groups in total. The van der Waals surface area contributed by atoms with Crippen LogP contribution in [-0.4, -0.2) is 24.3 Å². The molecule has 0 atom stereocenters. The van der Waals surface area contributed by atoms with Gasteiger partial charge in [0, 0.05) is 15.4 Å². The second-order valence-corrected chi connectivity index (χ2v) is 5.81. The van der Waals surface area contributed by atoms with Crippen LogP contribution in [0.3, 0.4) is 0 Å². The Bertz CT molecular complexity index is 900. The zero-order chi connectivity index (χ0) is 17.1. The van der Waals surface area contributed by atoms with E-state index in [9.17, 15) is 9.90 Å². The molecule has 3 rings (SSSR count). The minimum absolute atomic E-state index is 0.0672. The van der Waals surface area contributed by atoms with Crippen LogP contribution in [0.25, 0.3) is 11.0 Å². The average molecular weight is 389 g/mol. The van der Waals surface area contributed by atoms with Gasteiger partial charge in [0.1, 0.15) is 5.58 Å². The smallest absolute Gasteiger partial charge is 0.307 e. The maximum absolute atomic E-state index is 12.1. The highest BCUT2D eigenvalue weighted by Crippen LogP contribution is 2.32. The summed E-state index contributed by atoms with van der Waals surface area (Å²) < 4.78 is 11.2. The molecular weight excluding hydrogens is 376 g/mol. The molecule has 0 unspecified atom stereocenters. The Morgan fingerprint density at radius 1 is 1.33 bits per heavy atom. The van der Waals surface area contributed by atoms with Gasteiger partial charge < -0.3 is 14.3 Å². The van der Waals surface area contributed by atoms with E-state index >= 15 is 0 Å². The van der Waals surface area contributed by atoms with E-state index in [-0.39, 0.29) is 11.5 Å². The fourth-order valence-electron chi connectivity index (χ4n) is 2.16. The number of nitrogens with zero attached hydrogens (tertiary/aromatic N) is 1. The number of hydrazone groups is 1. The molecule has 0 saturated carbocycles. The first-order valence-electron chi connectivity index (χ1n) is 6.97. The van der Waals surface area contributed by atoms with E-state index in [4.69, 9.17) is 9.15 Å². The highest BCUT2D eigenvalue weighted by atomic mass is 79.9. The number of ether oxygens (including phenoxy) is 1. The molecule has 1 amide bonds. The number of rotatable bonds is 4. The molecular formula is C17H13BrN2O4. The summed E-state index contributed by atoms with van der Waals surface area (Å²) >= 11 is 3.31. The maximum atomic E-state index is 12.1. The summed E-state index contributed by atoms with van der Waals surface area (Å²) in [6, 6.07) is 12.2. The first-order chi connectivity index (χ1) is 11.6. The molecule has 2 aromatic carbocycles. The summed E-state index contributed by atoms with van der Waals surface area (Å²) in [6.07, 6.45) is 1.32. The zero-order valence-corrected chi connectivity index (χ0v) is 14.2. The van der Waals surface area contributed by atoms with Gasteiger partial charge in [-0.2, -0.15) is 5.10 Å². The van der Waals surface area contributed by atoms with Crippen LogP contribution in [-0.2, 0) is 0 Å². The van der Waals surface area contributed by atoms with Gasteiger partial charge in [0.25, 0.3) is 0 Å². The number of aromatic hydroxyl groups is 1. The maximum Gasteiger partial charge on any atom is 0.307 e. The second kappa shape index (κ2) is 6.76. The lowest BCUT2D eigenvalue weighted by atomic mass is 10.2. The second-order valence-electron chi connectivity index (χ2n) is 4.89. The van der Waals surface area contributed by atoms with Crippen molar-refractivity contribution in [3.63, 3.8) is 0 Å². The van der Waals surface area contributed by atoms with E-state index in [0.29, 0.717) is 21.4 Å². The molecule has 0 radical (unpaired) electrons. The number of carbonyl (C=O) groups is 1. The van der Waals surface area contributed by atoms with E-state index < -0.39 is 5.91 Å². The van der Waals surface area contributed by atoms with Gasteiger partial charge in [0.05, 0.1) is 13.3 Å². The number of furan rings is 1. The van der Waals surface area contributed by atoms with Crippen molar-refractivity contribution in [2.75, 3.05) is 7.11 Å². The fraction of sp³-hybridized carbons (Fsp3) is 0.0588. The highest BCUT2D eigenvalue weighted by Gasteiger charge is 2.12. The van der Waals surface area contributed by atoms with Gasteiger partial charge in [0.15, 0.2) is 17.3 Å². The Hall–Kier alpha value is -2.80.